The number of carboxylic acids is 1. The SMILES string of the molecule is COc1ccc2nccc(CCCC3CCN(CC#Cc4cccc(F)c4)CC3CCC(=O)O)c2c1. The molecule has 1 aliphatic heterocycles. The molecule has 1 aliphatic rings. The fourth-order valence-electron chi connectivity index (χ4n) is 5.22. The lowest BCUT2D eigenvalue weighted by Crippen LogP contribution is -2.41. The van der Waals surface area contributed by atoms with Crippen LogP contribution < -0.4 is 4.74 Å². The van der Waals surface area contributed by atoms with Gasteiger partial charge in [-0.05, 0) is 98.5 Å². The summed E-state index contributed by atoms with van der Waals surface area (Å²) < 4.78 is 18.8. The van der Waals surface area contributed by atoms with Crippen LogP contribution in [0.4, 0.5) is 4.39 Å². The van der Waals surface area contributed by atoms with Crippen molar-refractivity contribution in [2.24, 2.45) is 11.8 Å². The summed E-state index contributed by atoms with van der Waals surface area (Å²) in [5.41, 5.74) is 2.92. The van der Waals surface area contributed by atoms with Gasteiger partial charge in [0.1, 0.15) is 11.6 Å². The Morgan fingerprint density at radius 3 is 2.89 bits per heavy atom. The Morgan fingerprint density at radius 2 is 2.08 bits per heavy atom. The molecule has 2 atom stereocenters. The third kappa shape index (κ3) is 7.05. The van der Waals surface area contributed by atoms with E-state index in [1.807, 2.05) is 18.3 Å². The quantitative estimate of drug-likeness (QED) is 0.400. The van der Waals surface area contributed by atoms with Crippen LogP contribution in [0.15, 0.2) is 54.7 Å². The first-order valence-electron chi connectivity index (χ1n) is 12.6. The summed E-state index contributed by atoms with van der Waals surface area (Å²) in [6.45, 7) is 2.41. The Morgan fingerprint density at radius 1 is 1.19 bits per heavy atom. The maximum atomic E-state index is 13.4. The van der Waals surface area contributed by atoms with E-state index in [1.165, 1.54) is 17.7 Å². The van der Waals surface area contributed by atoms with Crippen LogP contribution in [0.25, 0.3) is 10.9 Å². The molecule has 36 heavy (non-hydrogen) atoms. The Balaban J connectivity index is 1.36. The van der Waals surface area contributed by atoms with Gasteiger partial charge in [0, 0.05) is 30.1 Å². The number of methoxy groups -OCH3 is 1. The standard InChI is InChI=1S/C30H33FN2O3/c1-36-27-11-12-29-28(20-27)24(14-16-32-29)8-3-7-23-15-18-33(21-25(23)10-13-30(34)35)17-4-6-22-5-2-9-26(31)19-22/h2,5,9,11-12,14,16,19-20,23,25H,3,7-8,10,13,15,17-18,21H2,1H3,(H,34,35). The number of likely N-dealkylation sites (tertiary alicyclic amines) is 1. The van der Waals surface area contributed by atoms with Crippen molar-refractivity contribution >= 4 is 16.9 Å². The van der Waals surface area contributed by atoms with E-state index in [-0.39, 0.29) is 12.2 Å². The van der Waals surface area contributed by atoms with Crippen molar-refractivity contribution in [1.82, 2.24) is 9.88 Å². The van der Waals surface area contributed by atoms with Crippen LogP contribution in [0.5, 0.6) is 5.75 Å². The zero-order valence-corrected chi connectivity index (χ0v) is 20.8. The number of rotatable bonds is 9. The van der Waals surface area contributed by atoms with E-state index in [4.69, 9.17) is 4.74 Å². The number of aliphatic carboxylic acids is 1. The first kappa shape index (κ1) is 25.7. The molecule has 1 N–H and O–H groups in total. The van der Waals surface area contributed by atoms with Gasteiger partial charge in [0.05, 0.1) is 19.2 Å². The number of fused-ring (bicyclic) bond motifs is 1. The summed E-state index contributed by atoms with van der Waals surface area (Å²) in [6.07, 6.45) is 6.85. The Kier molecular flexibility index (Phi) is 8.91. The molecule has 0 saturated carbocycles. The monoisotopic (exact) mass is 488 g/mol. The van der Waals surface area contributed by atoms with Crippen molar-refractivity contribution in [2.45, 2.75) is 38.5 Å². The highest BCUT2D eigenvalue weighted by Gasteiger charge is 2.29. The van der Waals surface area contributed by atoms with Crippen molar-refractivity contribution in [2.75, 3.05) is 26.7 Å². The second-order valence-corrected chi connectivity index (χ2v) is 9.53. The lowest BCUT2D eigenvalue weighted by molar-refractivity contribution is -0.137. The summed E-state index contributed by atoms with van der Waals surface area (Å²) in [6, 6.07) is 14.4. The number of aromatic nitrogens is 1. The molecule has 0 bridgehead atoms. The van der Waals surface area contributed by atoms with Crippen LogP contribution in [0.1, 0.15) is 43.2 Å². The number of hydrogen-bond donors (Lipinski definition) is 1. The highest BCUT2D eigenvalue weighted by molar-refractivity contribution is 5.83. The van der Waals surface area contributed by atoms with E-state index in [2.05, 4.69) is 33.9 Å². The number of hydrogen-bond acceptors (Lipinski definition) is 4. The van der Waals surface area contributed by atoms with Gasteiger partial charge in [-0.2, -0.15) is 0 Å². The number of halogens is 1. The minimum atomic E-state index is -0.742. The first-order valence-corrected chi connectivity index (χ1v) is 12.6. The van der Waals surface area contributed by atoms with Crippen molar-refractivity contribution in [3.8, 4) is 17.6 Å². The van der Waals surface area contributed by atoms with Crippen molar-refractivity contribution in [3.05, 3.63) is 71.7 Å². The molecule has 1 aromatic heterocycles. The molecule has 2 aromatic carbocycles. The van der Waals surface area contributed by atoms with E-state index >= 15 is 0 Å². The fourth-order valence-corrected chi connectivity index (χ4v) is 5.22. The molecule has 2 unspecified atom stereocenters. The molecular weight excluding hydrogens is 455 g/mol. The van der Waals surface area contributed by atoms with Crippen LogP contribution in [0, 0.1) is 29.5 Å². The topological polar surface area (TPSA) is 62.7 Å². The molecule has 2 heterocycles. The molecule has 188 valence electrons. The van der Waals surface area contributed by atoms with Gasteiger partial charge in [-0.3, -0.25) is 14.7 Å². The van der Waals surface area contributed by atoms with Crippen LogP contribution in [0.2, 0.25) is 0 Å². The van der Waals surface area contributed by atoms with E-state index in [0.29, 0.717) is 30.4 Å². The molecule has 0 spiro atoms. The average Bonchev–Trinajstić information content (AvgIpc) is 2.88. The van der Waals surface area contributed by atoms with Crippen LogP contribution >= 0.6 is 0 Å². The number of piperidine rings is 1. The maximum absolute atomic E-state index is 13.4. The molecule has 4 rings (SSSR count). The Bertz CT molecular complexity index is 1250. The van der Waals surface area contributed by atoms with Crippen LogP contribution in [-0.4, -0.2) is 47.7 Å². The molecule has 0 aliphatic carbocycles. The molecule has 0 amide bonds. The van der Waals surface area contributed by atoms with Gasteiger partial charge in [0.15, 0.2) is 0 Å². The highest BCUT2D eigenvalue weighted by Crippen LogP contribution is 2.32. The van der Waals surface area contributed by atoms with Gasteiger partial charge in [-0.1, -0.05) is 17.9 Å². The number of pyridine rings is 1. The minimum Gasteiger partial charge on any atom is -0.497 e. The Labute approximate surface area is 212 Å². The average molecular weight is 489 g/mol. The maximum Gasteiger partial charge on any atom is 0.303 e. The number of nitrogens with zero attached hydrogens (tertiary/aromatic N) is 2. The zero-order chi connectivity index (χ0) is 25.3. The molecular formula is C30H33FN2O3. The van der Waals surface area contributed by atoms with E-state index in [0.717, 1.165) is 55.4 Å². The normalized spacial score (nSPS) is 17.9. The van der Waals surface area contributed by atoms with E-state index in [9.17, 15) is 14.3 Å². The number of carboxylic acid groups (broad SMARTS) is 1. The third-order valence-corrected chi connectivity index (χ3v) is 7.12. The fraction of sp³-hybridized carbons (Fsp3) is 0.400. The first-order chi connectivity index (χ1) is 17.5. The van der Waals surface area contributed by atoms with Gasteiger partial charge in [0.25, 0.3) is 0 Å². The summed E-state index contributed by atoms with van der Waals surface area (Å²) >= 11 is 0. The van der Waals surface area contributed by atoms with Gasteiger partial charge >= 0.3 is 5.97 Å². The number of benzene rings is 2. The number of aryl methyl sites for hydroxylation is 1. The summed E-state index contributed by atoms with van der Waals surface area (Å²) in [4.78, 5) is 18.1. The second kappa shape index (κ2) is 12.5. The van der Waals surface area contributed by atoms with E-state index < -0.39 is 5.97 Å². The lowest BCUT2D eigenvalue weighted by Gasteiger charge is -2.38. The molecule has 5 nitrogen and oxygen atoms in total. The van der Waals surface area contributed by atoms with Gasteiger partial charge in [-0.25, -0.2) is 4.39 Å². The second-order valence-electron chi connectivity index (χ2n) is 9.53. The molecule has 1 fully saturated rings. The lowest BCUT2D eigenvalue weighted by atomic mass is 9.79. The van der Waals surface area contributed by atoms with Crippen LogP contribution in [-0.2, 0) is 11.2 Å². The van der Waals surface area contributed by atoms with Crippen LogP contribution in [0.3, 0.4) is 0 Å². The van der Waals surface area contributed by atoms with Gasteiger partial charge < -0.3 is 9.84 Å². The smallest absolute Gasteiger partial charge is 0.303 e. The number of carbonyl (C=O) groups is 1. The zero-order valence-electron chi connectivity index (χ0n) is 20.8. The van der Waals surface area contributed by atoms with Crippen molar-refractivity contribution in [1.29, 1.82) is 0 Å². The summed E-state index contributed by atoms with van der Waals surface area (Å²) in [7, 11) is 1.67. The molecule has 6 heteroatoms. The molecule has 1 saturated heterocycles. The Hall–Kier alpha value is -3.43. The van der Waals surface area contributed by atoms with Crippen molar-refractivity contribution in [3.63, 3.8) is 0 Å². The third-order valence-electron chi connectivity index (χ3n) is 7.12. The minimum absolute atomic E-state index is 0.193. The number of ether oxygens (including phenoxy) is 1. The predicted octanol–water partition coefficient (Wildman–Crippen LogP) is 5.56. The molecule has 0 radical (unpaired) electrons. The van der Waals surface area contributed by atoms with Crippen molar-refractivity contribution < 1.29 is 19.0 Å². The van der Waals surface area contributed by atoms with Gasteiger partial charge in [-0.15, -0.1) is 0 Å². The highest BCUT2D eigenvalue weighted by atomic mass is 19.1. The van der Waals surface area contributed by atoms with E-state index in [1.54, 1.807) is 19.2 Å². The van der Waals surface area contributed by atoms with Gasteiger partial charge in [0.2, 0.25) is 0 Å². The predicted molar refractivity (Wildman–Crippen MR) is 139 cm³/mol. The largest absolute Gasteiger partial charge is 0.497 e. The summed E-state index contributed by atoms with van der Waals surface area (Å²) in [5, 5.41) is 10.4. The summed E-state index contributed by atoms with van der Waals surface area (Å²) in [5.74, 6) is 6.85. The molecule has 3 aromatic rings.